The van der Waals surface area contributed by atoms with Crippen LogP contribution in [0.3, 0.4) is 0 Å². The Morgan fingerprint density at radius 2 is 2.07 bits per heavy atom. The summed E-state index contributed by atoms with van der Waals surface area (Å²) in [5.41, 5.74) is 0. The van der Waals surface area contributed by atoms with E-state index < -0.39 is 0 Å². The summed E-state index contributed by atoms with van der Waals surface area (Å²) in [7, 11) is 0. The molecule has 2 unspecified atom stereocenters. The zero-order valence-electron chi connectivity index (χ0n) is 10.7. The first kappa shape index (κ1) is 15.0. The fraction of sp³-hybridized carbons (Fsp3) is 0.923. The average molecular weight is 230 g/mol. The highest BCUT2D eigenvalue weighted by Crippen LogP contribution is 2.32. The van der Waals surface area contributed by atoms with Crippen molar-refractivity contribution in [3.8, 4) is 0 Å². The molecule has 0 aromatic carbocycles. The van der Waals surface area contributed by atoms with Crippen molar-refractivity contribution in [2.75, 3.05) is 6.26 Å². The van der Waals surface area contributed by atoms with E-state index in [-0.39, 0.29) is 0 Å². The molecular formula is C13H26OS. The molecule has 15 heavy (non-hydrogen) atoms. The zero-order valence-corrected chi connectivity index (χ0v) is 11.5. The molecule has 0 N–H and O–H groups in total. The Hall–Kier alpha value is 0.0200. The Bertz CT molecular complexity index is 164. The van der Waals surface area contributed by atoms with E-state index in [1.165, 1.54) is 25.7 Å². The molecule has 0 aromatic rings. The van der Waals surface area contributed by atoms with Crippen molar-refractivity contribution >= 4 is 18.0 Å². The van der Waals surface area contributed by atoms with Crippen LogP contribution in [0.25, 0.3) is 0 Å². The van der Waals surface area contributed by atoms with Gasteiger partial charge in [-0.25, -0.2) is 0 Å². The summed E-state index contributed by atoms with van der Waals surface area (Å²) < 4.78 is 0.444. The van der Waals surface area contributed by atoms with Gasteiger partial charge in [0.1, 0.15) is 6.29 Å². The first-order valence-electron chi connectivity index (χ1n) is 6.10. The summed E-state index contributed by atoms with van der Waals surface area (Å²) in [5, 5.41) is 0. The maximum Gasteiger partial charge on any atom is 0.120 e. The Kier molecular flexibility index (Phi) is 8.22. The monoisotopic (exact) mass is 230 g/mol. The molecule has 0 heterocycles. The number of aldehydes is 1. The van der Waals surface area contributed by atoms with E-state index in [2.05, 4.69) is 27.0 Å². The van der Waals surface area contributed by atoms with Gasteiger partial charge in [0, 0.05) is 11.2 Å². The van der Waals surface area contributed by atoms with Gasteiger partial charge < -0.3 is 4.79 Å². The van der Waals surface area contributed by atoms with Crippen LogP contribution in [-0.4, -0.2) is 17.3 Å². The topological polar surface area (TPSA) is 17.1 Å². The molecule has 0 saturated heterocycles. The van der Waals surface area contributed by atoms with Crippen LogP contribution in [0.2, 0.25) is 0 Å². The van der Waals surface area contributed by atoms with E-state index in [1.807, 2.05) is 11.8 Å². The van der Waals surface area contributed by atoms with Gasteiger partial charge in [-0.1, -0.05) is 33.6 Å². The minimum absolute atomic E-state index is 0.444. The van der Waals surface area contributed by atoms with Crippen molar-refractivity contribution in [3.05, 3.63) is 0 Å². The zero-order chi connectivity index (χ0) is 11.7. The van der Waals surface area contributed by atoms with Crippen LogP contribution in [0, 0.1) is 5.92 Å². The summed E-state index contributed by atoms with van der Waals surface area (Å²) in [6.45, 7) is 6.79. The maximum atomic E-state index is 10.4. The van der Waals surface area contributed by atoms with Crippen LogP contribution in [0.4, 0.5) is 0 Å². The lowest BCUT2D eigenvalue weighted by Crippen LogP contribution is -2.18. The quantitative estimate of drug-likeness (QED) is 0.549. The van der Waals surface area contributed by atoms with Crippen molar-refractivity contribution < 1.29 is 4.79 Å². The minimum atomic E-state index is 0.444. The number of hydrogen-bond acceptors (Lipinski definition) is 2. The van der Waals surface area contributed by atoms with Gasteiger partial charge in [0.25, 0.3) is 0 Å². The van der Waals surface area contributed by atoms with Crippen LogP contribution in [-0.2, 0) is 4.79 Å². The van der Waals surface area contributed by atoms with Gasteiger partial charge in [0.15, 0.2) is 0 Å². The van der Waals surface area contributed by atoms with E-state index in [1.54, 1.807) is 0 Å². The molecule has 0 radical (unpaired) electrons. The van der Waals surface area contributed by atoms with Crippen molar-refractivity contribution in [3.63, 3.8) is 0 Å². The fourth-order valence-corrected chi connectivity index (χ4v) is 2.45. The minimum Gasteiger partial charge on any atom is -0.303 e. The summed E-state index contributed by atoms with van der Waals surface area (Å²) in [6.07, 6.45) is 10.1. The molecule has 2 heteroatoms. The largest absolute Gasteiger partial charge is 0.303 e. The molecule has 0 rings (SSSR count). The highest BCUT2D eigenvalue weighted by molar-refractivity contribution is 7.99. The second-order valence-corrected chi connectivity index (χ2v) is 5.97. The molecule has 2 atom stereocenters. The lowest BCUT2D eigenvalue weighted by atomic mass is 9.92. The van der Waals surface area contributed by atoms with Gasteiger partial charge in [-0.15, -0.1) is 0 Å². The van der Waals surface area contributed by atoms with Gasteiger partial charge in [0.05, 0.1) is 0 Å². The molecule has 0 amide bonds. The van der Waals surface area contributed by atoms with Crippen molar-refractivity contribution in [1.29, 1.82) is 0 Å². The first-order valence-corrected chi connectivity index (χ1v) is 7.33. The average Bonchev–Trinajstić information content (AvgIpc) is 2.27. The Labute approximate surface area is 99.4 Å². The number of hydrogen-bond donors (Lipinski definition) is 0. The summed E-state index contributed by atoms with van der Waals surface area (Å²) in [4.78, 5) is 10.4. The van der Waals surface area contributed by atoms with Gasteiger partial charge in [0.2, 0.25) is 0 Å². The lowest BCUT2D eigenvalue weighted by Gasteiger charge is -2.26. The predicted molar refractivity (Wildman–Crippen MR) is 70.5 cm³/mol. The highest BCUT2D eigenvalue weighted by Gasteiger charge is 2.20. The molecule has 0 saturated carbocycles. The lowest BCUT2D eigenvalue weighted by molar-refractivity contribution is -0.108. The SMILES string of the molecule is CCC(CC=O)CCCC(C)(CC)SC. The number of carbonyl (C=O) groups is 1. The third-order valence-electron chi connectivity index (χ3n) is 3.57. The molecule has 0 aliphatic rings. The van der Waals surface area contributed by atoms with E-state index in [4.69, 9.17) is 0 Å². The highest BCUT2D eigenvalue weighted by atomic mass is 32.2. The smallest absolute Gasteiger partial charge is 0.120 e. The van der Waals surface area contributed by atoms with E-state index in [9.17, 15) is 4.79 Å². The fourth-order valence-electron chi connectivity index (χ4n) is 1.81. The van der Waals surface area contributed by atoms with Crippen LogP contribution >= 0.6 is 11.8 Å². The molecule has 0 spiro atoms. The van der Waals surface area contributed by atoms with Crippen LogP contribution in [0.5, 0.6) is 0 Å². The van der Waals surface area contributed by atoms with Crippen LogP contribution in [0.15, 0.2) is 0 Å². The number of rotatable bonds is 9. The van der Waals surface area contributed by atoms with Gasteiger partial charge in [-0.05, 0) is 31.4 Å². The molecule has 90 valence electrons. The molecular weight excluding hydrogens is 204 g/mol. The summed E-state index contributed by atoms with van der Waals surface area (Å²) >= 11 is 1.98. The second kappa shape index (κ2) is 8.20. The van der Waals surface area contributed by atoms with E-state index in [0.29, 0.717) is 10.7 Å². The van der Waals surface area contributed by atoms with Crippen molar-refractivity contribution in [2.45, 2.75) is 64.0 Å². The Balaban J connectivity index is 3.79. The summed E-state index contributed by atoms with van der Waals surface area (Å²) in [5.74, 6) is 0.616. The third-order valence-corrected chi connectivity index (χ3v) is 5.04. The van der Waals surface area contributed by atoms with Crippen molar-refractivity contribution in [2.24, 2.45) is 5.92 Å². The number of carbonyl (C=O) groups excluding carboxylic acids is 1. The van der Waals surface area contributed by atoms with E-state index in [0.717, 1.165) is 19.1 Å². The normalized spacial score (nSPS) is 17.1. The van der Waals surface area contributed by atoms with Crippen LogP contribution < -0.4 is 0 Å². The van der Waals surface area contributed by atoms with Gasteiger partial charge in [-0.3, -0.25) is 0 Å². The molecule has 1 nitrogen and oxygen atoms in total. The standard InChI is InChI=1S/C13H26OS/c1-5-12(9-11-14)8-7-10-13(3,6-2)15-4/h11-12H,5-10H2,1-4H3. The van der Waals surface area contributed by atoms with Crippen molar-refractivity contribution in [1.82, 2.24) is 0 Å². The Morgan fingerprint density at radius 1 is 1.40 bits per heavy atom. The van der Waals surface area contributed by atoms with Crippen LogP contribution in [0.1, 0.15) is 59.3 Å². The number of thioether (sulfide) groups is 1. The Morgan fingerprint density at radius 3 is 2.47 bits per heavy atom. The molecule has 0 aromatic heterocycles. The maximum absolute atomic E-state index is 10.4. The molecule has 0 fully saturated rings. The second-order valence-electron chi connectivity index (χ2n) is 4.58. The third kappa shape index (κ3) is 6.24. The van der Waals surface area contributed by atoms with Gasteiger partial charge >= 0.3 is 0 Å². The summed E-state index contributed by atoms with van der Waals surface area (Å²) in [6, 6.07) is 0. The van der Waals surface area contributed by atoms with E-state index >= 15 is 0 Å². The predicted octanol–water partition coefficient (Wildman–Crippen LogP) is 4.30. The molecule has 0 aliphatic carbocycles. The van der Waals surface area contributed by atoms with Gasteiger partial charge in [-0.2, -0.15) is 11.8 Å². The first-order chi connectivity index (χ1) is 7.11. The molecule has 0 aliphatic heterocycles. The molecule has 0 bridgehead atoms.